The lowest BCUT2D eigenvalue weighted by Crippen LogP contribution is -2.41. The highest BCUT2D eigenvalue weighted by molar-refractivity contribution is 5.97. The molecule has 0 saturated carbocycles. The molecule has 6 nitrogen and oxygen atoms in total. The van der Waals surface area contributed by atoms with Crippen molar-refractivity contribution in [2.75, 3.05) is 13.1 Å². The van der Waals surface area contributed by atoms with E-state index in [2.05, 4.69) is 4.98 Å². The molecule has 0 radical (unpaired) electrons. The van der Waals surface area contributed by atoms with Gasteiger partial charge in [-0.1, -0.05) is 0 Å². The minimum Gasteiger partial charge on any atom is -0.444 e. The van der Waals surface area contributed by atoms with E-state index in [4.69, 9.17) is 10.5 Å². The Morgan fingerprint density at radius 1 is 1.19 bits per heavy atom. The molecule has 0 unspecified atom stereocenters. The molecule has 0 aliphatic carbocycles. The molecule has 0 bridgehead atoms. The summed E-state index contributed by atoms with van der Waals surface area (Å²) in [5, 5.41) is 0.958. The van der Waals surface area contributed by atoms with Crippen LogP contribution in [-0.2, 0) is 4.74 Å². The van der Waals surface area contributed by atoms with Crippen molar-refractivity contribution in [2.24, 2.45) is 5.73 Å². The molecular formula is C20H25N3O3. The summed E-state index contributed by atoms with van der Waals surface area (Å²) in [6.07, 6.45) is 3.23. The molecule has 1 aromatic heterocycles. The molecule has 2 N–H and O–H groups in total. The quantitative estimate of drug-likeness (QED) is 0.894. The Kier molecular flexibility index (Phi) is 4.85. The maximum Gasteiger partial charge on any atom is 0.410 e. The summed E-state index contributed by atoms with van der Waals surface area (Å²) in [5.41, 5.74) is 7.42. The lowest BCUT2D eigenvalue weighted by Gasteiger charge is -2.34. The third-order valence-corrected chi connectivity index (χ3v) is 4.65. The van der Waals surface area contributed by atoms with Crippen LogP contribution in [0.25, 0.3) is 10.9 Å². The molecule has 2 amide bonds. The normalized spacial score (nSPS) is 15.9. The second kappa shape index (κ2) is 6.94. The van der Waals surface area contributed by atoms with Crippen LogP contribution in [0.2, 0.25) is 0 Å². The van der Waals surface area contributed by atoms with Gasteiger partial charge in [0.25, 0.3) is 0 Å². The summed E-state index contributed by atoms with van der Waals surface area (Å²) in [4.78, 5) is 29.9. The van der Waals surface area contributed by atoms with Gasteiger partial charge in [0, 0.05) is 30.2 Å². The fourth-order valence-corrected chi connectivity index (χ4v) is 3.38. The first-order valence-electron chi connectivity index (χ1n) is 8.91. The lowest BCUT2D eigenvalue weighted by molar-refractivity contribution is 0.0205. The standard InChI is InChI=1S/C20H25N3O3/c1-20(2,3)26-19(25)23-10-7-13(8-11-23)15-6-9-22-17-5-4-14(18(21)24)12-16(15)17/h4-6,9,12-13H,7-8,10-11H2,1-3H3,(H2,21,24). The average Bonchev–Trinajstić information content (AvgIpc) is 2.59. The minimum atomic E-state index is -0.486. The van der Waals surface area contributed by atoms with Gasteiger partial charge in [-0.25, -0.2) is 4.79 Å². The van der Waals surface area contributed by atoms with Crippen LogP contribution in [0, 0.1) is 0 Å². The third kappa shape index (κ3) is 3.95. The zero-order valence-electron chi connectivity index (χ0n) is 15.5. The smallest absolute Gasteiger partial charge is 0.410 e. The van der Waals surface area contributed by atoms with E-state index >= 15 is 0 Å². The van der Waals surface area contributed by atoms with E-state index in [9.17, 15) is 9.59 Å². The number of likely N-dealkylation sites (tertiary alicyclic amines) is 1. The number of benzene rings is 1. The predicted molar refractivity (Wildman–Crippen MR) is 100 cm³/mol. The zero-order valence-corrected chi connectivity index (χ0v) is 15.5. The molecule has 26 heavy (non-hydrogen) atoms. The topological polar surface area (TPSA) is 85.5 Å². The fraction of sp³-hybridized carbons (Fsp3) is 0.450. The Labute approximate surface area is 153 Å². The molecule has 0 atom stereocenters. The molecule has 1 fully saturated rings. The Morgan fingerprint density at radius 2 is 1.88 bits per heavy atom. The molecule has 1 saturated heterocycles. The number of piperidine rings is 1. The van der Waals surface area contributed by atoms with Crippen molar-refractivity contribution >= 4 is 22.9 Å². The number of pyridine rings is 1. The van der Waals surface area contributed by atoms with E-state index < -0.39 is 11.5 Å². The summed E-state index contributed by atoms with van der Waals surface area (Å²) in [5.74, 6) is -0.135. The largest absolute Gasteiger partial charge is 0.444 e. The van der Waals surface area contributed by atoms with Crippen LogP contribution in [0.15, 0.2) is 30.5 Å². The molecule has 1 aliphatic heterocycles. The van der Waals surface area contributed by atoms with Crippen molar-refractivity contribution in [3.05, 3.63) is 41.6 Å². The van der Waals surface area contributed by atoms with E-state index in [1.807, 2.05) is 39.0 Å². The number of carbonyl (C=O) groups is 2. The van der Waals surface area contributed by atoms with Gasteiger partial charge >= 0.3 is 6.09 Å². The lowest BCUT2D eigenvalue weighted by atomic mass is 9.87. The Bertz CT molecular complexity index is 834. The van der Waals surface area contributed by atoms with Gasteiger partial charge in [-0.2, -0.15) is 0 Å². The zero-order chi connectivity index (χ0) is 18.9. The van der Waals surface area contributed by atoms with Gasteiger partial charge < -0.3 is 15.4 Å². The van der Waals surface area contributed by atoms with Crippen LogP contribution in [0.3, 0.4) is 0 Å². The number of hydrogen-bond donors (Lipinski definition) is 1. The second-order valence-electron chi connectivity index (χ2n) is 7.74. The van der Waals surface area contributed by atoms with Crippen LogP contribution in [-0.4, -0.2) is 40.6 Å². The summed E-state index contributed by atoms with van der Waals surface area (Å²) in [6.45, 7) is 6.92. The van der Waals surface area contributed by atoms with Crippen LogP contribution in [0.4, 0.5) is 4.79 Å². The maximum absolute atomic E-state index is 12.2. The first-order valence-corrected chi connectivity index (χ1v) is 8.91. The number of carbonyl (C=O) groups excluding carboxylic acids is 2. The summed E-state index contributed by atoms with van der Waals surface area (Å²) >= 11 is 0. The Hall–Kier alpha value is -2.63. The van der Waals surface area contributed by atoms with E-state index in [1.54, 1.807) is 17.2 Å². The summed E-state index contributed by atoms with van der Waals surface area (Å²) in [7, 11) is 0. The first-order chi connectivity index (χ1) is 12.2. The maximum atomic E-state index is 12.2. The number of rotatable bonds is 2. The van der Waals surface area contributed by atoms with Gasteiger partial charge in [-0.3, -0.25) is 9.78 Å². The van der Waals surface area contributed by atoms with Gasteiger partial charge in [0.1, 0.15) is 5.60 Å². The minimum absolute atomic E-state index is 0.258. The molecule has 138 valence electrons. The van der Waals surface area contributed by atoms with E-state index in [0.29, 0.717) is 24.6 Å². The number of primary amides is 1. The van der Waals surface area contributed by atoms with E-state index in [-0.39, 0.29) is 6.09 Å². The number of aromatic nitrogens is 1. The van der Waals surface area contributed by atoms with E-state index in [0.717, 1.165) is 29.3 Å². The monoisotopic (exact) mass is 355 g/mol. The number of ether oxygens (including phenoxy) is 1. The number of nitrogens with two attached hydrogens (primary N) is 1. The molecule has 2 aromatic rings. The number of nitrogens with zero attached hydrogens (tertiary/aromatic N) is 2. The molecule has 1 aliphatic rings. The Balaban J connectivity index is 1.78. The third-order valence-electron chi connectivity index (χ3n) is 4.65. The predicted octanol–water partition coefficient (Wildman–Crippen LogP) is 3.45. The van der Waals surface area contributed by atoms with Crippen LogP contribution in [0.1, 0.15) is 55.5 Å². The highest BCUT2D eigenvalue weighted by atomic mass is 16.6. The number of hydrogen-bond acceptors (Lipinski definition) is 4. The SMILES string of the molecule is CC(C)(C)OC(=O)N1CCC(c2ccnc3ccc(C(N)=O)cc23)CC1. The van der Waals surface area contributed by atoms with Crippen LogP contribution in [0.5, 0.6) is 0 Å². The first kappa shape index (κ1) is 18.2. The van der Waals surface area contributed by atoms with Crippen molar-refractivity contribution in [3.63, 3.8) is 0 Å². The molecular weight excluding hydrogens is 330 g/mol. The van der Waals surface area contributed by atoms with Gasteiger partial charge in [-0.15, -0.1) is 0 Å². The molecule has 1 aromatic carbocycles. The highest BCUT2D eigenvalue weighted by Gasteiger charge is 2.28. The van der Waals surface area contributed by atoms with Gasteiger partial charge in [0.15, 0.2) is 0 Å². The van der Waals surface area contributed by atoms with Crippen LogP contribution >= 0.6 is 0 Å². The van der Waals surface area contributed by atoms with Crippen molar-refractivity contribution < 1.29 is 14.3 Å². The van der Waals surface area contributed by atoms with Gasteiger partial charge in [0.05, 0.1) is 5.52 Å². The molecule has 0 spiro atoms. The van der Waals surface area contributed by atoms with Crippen molar-refractivity contribution in [2.45, 2.75) is 45.1 Å². The van der Waals surface area contributed by atoms with E-state index in [1.165, 1.54) is 0 Å². The molecule has 2 heterocycles. The number of fused-ring (bicyclic) bond motifs is 1. The fourth-order valence-electron chi connectivity index (χ4n) is 3.38. The summed E-state index contributed by atoms with van der Waals surface area (Å²) in [6, 6.07) is 7.35. The molecule has 3 rings (SSSR count). The van der Waals surface area contributed by atoms with Crippen LogP contribution < -0.4 is 5.73 Å². The average molecular weight is 355 g/mol. The second-order valence-corrected chi connectivity index (χ2v) is 7.74. The van der Waals surface area contributed by atoms with Crippen molar-refractivity contribution in [3.8, 4) is 0 Å². The van der Waals surface area contributed by atoms with Crippen molar-refractivity contribution in [1.29, 1.82) is 0 Å². The molecule has 6 heteroatoms. The highest BCUT2D eigenvalue weighted by Crippen LogP contribution is 2.33. The van der Waals surface area contributed by atoms with Gasteiger partial charge in [0.2, 0.25) is 5.91 Å². The number of amides is 2. The summed E-state index contributed by atoms with van der Waals surface area (Å²) < 4.78 is 5.46. The Morgan fingerprint density at radius 3 is 2.50 bits per heavy atom. The van der Waals surface area contributed by atoms with Gasteiger partial charge in [-0.05, 0) is 69.4 Å². The van der Waals surface area contributed by atoms with Crippen molar-refractivity contribution in [1.82, 2.24) is 9.88 Å².